The normalized spacial score (nSPS) is 17.6. The summed E-state index contributed by atoms with van der Waals surface area (Å²) in [5.74, 6) is -0.545. The Labute approximate surface area is 235 Å². The van der Waals surface area contributed by atoms with Crippen molar-refractivity contribution in [3.8, 4) is 0 Å². The van der Waals surface area contributed by atoms with Crippen molar-refractivity contribution in [3.05, 3.63) is 100 Å². The lowest BCUT2D eigenvalue weighted by molar-refractivity contribution is 0.0540. The molecule has 2 heterocycles. The van der Waals surface area contributed by atoms with Crippen LogP contribution in [0.15, 0.2) is 66.7 Å². The third kappa shape index (κ3) is 6.03. The number of anilines is 1. The van der Waals surface area contributed by atoms with Gasteiger partial charge in [0.25, 0.3) is 11.8 Å². The molecule has 2 amide bonds. The molecule has 0 bridgehead atoms. The quantitative estimate of drug-likeness (QED) is 0.454. The maximum absolute atomic E-state index is 13.7. The first-order valence-electron chi connectivity index (χ1n) is 14.0. The van der Waals surface area contributed by atoms with Gasteiger partial charge in [0, 0.05) is 57.9 Å². The summed E-state index contributed by atoms with van der Waals surface area (Å²) in [6.45, 7) is 5.25. The molecule has 5 rings (SSSR count). The Balaban J connectivity index is 1.27. The molecule has 2 aliphatic rings. The van der Waals surface area contributed by atoms with E-state index in [-0.39, 0.29) is 30.2 Å². The first kappa shape index (κ1) is 27.8. The van der Waals surface area contributed by atoms with Crippen LogP contribution in [-0.2, 0) is 19.4 Å². The third-order valence-corrected chi connectivity index (χ3v) is 8.11. The van der Waals surface area contributed by atoms with Gasteiger partial charge in [-0.2, -0.15) is 0 Å². The van der Waals surface area contributed by atoms with Crippen molar-refractivity contribution in [2.75, 3.05) is 44.7 Å². The molecule has 0 spiro atoms. The van der Waals surface area contributed by atoms with Crippen LogP contribution < -0.4 is 10.2 Å². The smallest absolute Gasteiger partial charge is 0.256 e. The van der Waals surface area contributed by atoms with Gasteiger partial charge in [-0.15, -0.1) is 0 Å². The number of benzene rings is 3. The Bertz CT molecular complexity index is 1360. The number of carbonyl (C=O) groups excluding carboxylic acids is 2. The Hall–Kier alpha value is -3.75. The number of nitrogens with zero attached hydrogens (tertiary/aromatic N) is 3. The predicted octanol–water partition coefficient (Wildman–Crippen LogP) is 3.50. The molecule has 2 aliphatic heterocycles. The van der Waals surface area contributed by atoms with E-state index in [1.54, 1.807) is 41.1 Å². The minimum absolute atomic E-state index is 0.127. The monoisotopic (exact) mass is 544 g/mol. The Kier molecular flexibility index (Phi) is 8.47. The van der Waals surface area contributed by atoms with Crippen molar-refractivity contribution in [2.45, 2.75) is 38.5 Å². The zero-order chi connectivity index (χ0) is 28.2. The Morgan fingerprint density at radius 2 is 1.80 bits per heavy atom. The number of nitrogens with one attached hydrogen (secondary N) is 1. The largest absolute Gasteiger partial charge is 0.390 e. The number of carbonyl (C=O) groups is 2. The second-order valence-electron chi connectivity index (χ2n) is 10.7. The highest BCUT2D eigenvalue weighted by Gasteiger charge is 2.31. The number of halogens is 1. The minimum atomic E-state index is -0.704. The molecule has 8 heteroatoms. The Morgan fingerprint density at radius 3 is 2.55 bits per heavy atom. The van der Waals surface area contributed by atoms with Crippen LogP contribution in [0.2, 0.25) is 0 Å². The standard InChI is InChI=1S/C32H37FN4O3/c1-3-36-16-17-37(21-30(38)28-18-23-6-4-5-7-25(23)20-34-28)32(40)27-13-10-24(19-29(27)36)31(39)35(2)15-14-22-8-11-26(33)12-9-22/h4-13,19,28,30,34,38H,3,14-18,20-21H2,1-2H3. The fourth-order valence-corrected chi connectivity index (χ4v) is 5.62. The van der Waals surface area contributed by atoms with Gasteiger partial charge >= 0.3 is 0 Å². The van der Waals surface area contributed by atoms with Crippen molar-refractivity contribution >= 4 is 17.5 Å². The van der Waals surface area contributed by atoms with Crippen LogP contribution in [0.4, 0.5) is 10.1 Å². The SMILES string of the molecule is CCN1CCN(CC(O)C2Cc3ccccc3CN2)C(=O)c2ccc(C(=O)N(C)CCc3ccc(F)cc3)cc21. The lowest BCUT2D eigenvalue weighted by Gasteiger charge is -2.33. The summed E-state index contributed by atoms with van der Waals surface area (Å²) in [6.07, 6.45) is 0.632. The molecule has 0 saturated carbocycles. The summed E-state index contributed by atoms with van der Waals surface area (Å²) in [4.78, 5) is 32.4. The number of aliphatic hydroxyl groups is 1. The van der Waals surface area contributed by atoms with E-state index in [1.165, 1.54) is 23.3 Å². The zero-order valence-corrected chi connectivity index (χ0v) is 23.1. The molecule has 2 unspecified atom stereocenters. The van der Waals surface area contributed by atoms with E-state index >= 15 is 0 Å². The number of fused-ring (bicyclic) bond motifs is 2. The zero-order valence-electron chi connectivity index (χ0n) is 23.1. The van der Waals surface area contributed by atoms with Gasteiger partial charge in [-0.05, 0) is 66.8 Å². The highest BCUT2D eigenvalue weighted by atomic mass is 19.1. The van der Waals surface area contributed by atoms with Crippen LogP contribution in [0.3, 0.4) is 0 Å². The van der Waals surface area contributed by atoms with E-state index in [4.69, 9.17) is 0 Å². The number of aliphatic hydroxyl groups excluding tert-OH is 1. The number of likely N-dealkylation sites (N-methyl/N-ethyl adjacent to an activating group) is 2. The molecule has 40 heavy (non-hydrogen) atoms. The third-order valence-electron chi connectivity index (χ3n) is 8.11. The number of rotatable bonds is 8. The number of amides is 2. The van der Waals surface area contributed by atoms with Crippen LogP contribution >= 0.6 is 0 Å². The van der Waals surface area contributed by atoms with Gasteiger partial charge in [0.05, 0.1) is 17.4 Å². The van der Waals surface area contributed by atoms with Crippen molar-refractivity contribution in [1.29, 1.82) is 0 Å². The molecule has 2 atom stereocenters. The second kappa shape index (κ2) is 12.2. The fourth-order valence-electron chi connectivity index (χ4n) is 5.62. The molecule has 7 nitrogen and oxygen atoms in total. The Morgan fingerprint density at radius 1 is 1.07 bits per heavy atom. The summed E-state index contributed by atoms with van der Waals surface area (Å²) in [5.41, 5.74) is 5.24. The first-order chi connectivity index (χ1) is 19.3. The number of β-amino-alcohol motifs (C(OH)–C–C–N with tert-alkyl or cyclic N) is 1. The van der Waals surface area contributed by atoms with E-state index in [0.29, 0.717) is 50.3 Å². The lowest BCUT2D eigenvalue weighted by Crippen LogP contribution is -2.50. The van der Waals surface area contributed by atoms with Crippen molar-refractivity contribution in [3.63, 3.8) is 0 Å². The minimum Gasteiger partial charge on any atom is -0.390 e. The molecule has 0 saturated heterocycles. The summed E-state index contributed by atoms with van der Waals surface area (Å²) in [7, 11) is 1.75. The van der Waals surface area contributed by atoms with Crippen LogP contribution in [0.1, 0.15) is 44.3 Å². The van der Waals surface area contributed by atoms with E-state index in [1.807, 2.05) is 25.1 Å². The van der Waals surface area contributed by atoms with Gasteiger partial charge < -0.3 is 25.1 Å². The fraction of sp³-hybridized carbons (Fsp3) is 0.375. The molecule has 0 aromatic heterocycles. The van der Waals surface area contributed by atoms with E-state index in [2.05, 4.69) is 22.3 Å². The first-order valence-corrected chi connectivity index (χ1v) is 14.0. The summed E-state index contributed by atoms with van der Waals surface area (Å²) in [5, 5.41) is 14.5. The lowest BCUT2D eigenvalue weighted by atomic mass is 9.92. The molecule has 3 aromatic rings. The van der Waals surface area contributed by atoms with Crippen LogP contribution in [0.5, 0.6) is 0 Å². The van der Waals surface area contributed by atoms with Gasteiger partial charge in [-0.1, -0.05) is 36.4 Å². The molecule has 0 aliphatic carbocycles. The van der Waals surface area contributed by atoms with Gasteiger partial charge in [0.15, 0.2) is 0 Å². The molecule has 0 fully saturated rings. The average molecular weight is 545 g/mol. The van der Waals surface area contributed by atoms with Crippen molar-refractivity contribution in [1.82, 2.24) is 15.1 Å². The molecule has 2 N–H and O–H groups in total. The maximum Gasteiger partial charge on any atom is 0.256 e. The topological polar surface area (TPSA) is 76.1 Å². The second-order valence-corrected chi connectivity index (χ2v) is 10.7. The van der Waals surface area contributed by atoms with Crippen LogP contribution in [0.25, 0.3) is 0 Å². The van der Waals surface area contributed by atoms with Crippen molar-refractivity contribution < 1.29 is 19.1 Å². The molecular weight excluding hydrogens is 507 g/mol. The molecular formula is C32H37FN4O3. The summed E-state index contributed by atoms with van der Waals surface area (Å²) in [6, 6.07) is 19.7. The maximum atomic E-state index is 13.7. The van der Waals surface area contributed by atoms with Crippen LogP contribution in [0, 0.1) is 5.82 Å². The number of hydrogen-bond donors (Lipinski definition) is 2. The van der Waals surface area contributed by atoms with Crippen molar-refractivity contribution in [2.24, 2.45) is 0 Å². The van der Waals surface area contributed by atoms with E-state index in [0.717, 1.165) is 17.7 Å². The highest BCUT2D eigenvalue weighted by Crippen LogP contribution is 2.28. The van der Waals surface area contributed by atoms with E-state index < -0.39 is 6.10 Å². The molecule has 3 aromatic carbocycles. The van der Waals surface area contributed by atoms with Gasteiger partial charge in [-0.3, -0.25) is 9.59 Å². The van der Waals surface area contributed by atoms with Gasteiger partial charge in [-0.25, -0.2) is 4.39 Å². The molecule has 0 radical (unpaired) electrons. The van der Waals surface area contributed by atoms with Gasteiger partial charge in [0.2, 0.25) is 0 Å². The highest BCUT2D eigenvalue weighted by molar-refractivity contribution is 6.03. The van der Waals surface area contributed by atoms with Crippen LogP contribution in [-0.4, -0.2) is 78.6 Å². The number of hydrogen-bond acceptors (Lipinski definition) is 5. The summed E-state index contributed by atoms with van der Waals surface area (Å²) < 4.78 is 13.2. The molecule has 210 valence electrons. The van der Waals surface area contributed by atoms with Gasteiger partial charge in [0.1, 0.15) is 5.82 Å². The van der Waals surface area contributed by atoms with E-state index in [9.17, 15) is 19.1 Å². The average Bonchev–Trinajstić information content (AvgIpc) is 3.11. The summed E-state index contributed by atoms with van der Waals surface area (Å²) >= 11 is 0. The predicted molar refractivity (Wildman–Crippen MR) is 154 cm³/mol.